The number of nitrogens with one attached hydrogen (secondary N) is 1. The molecule has 0 aliphatic heterocycles. The molecule has 1 heterocycles. The van der Waals surface area contributed by atoms with Crippen LogP contribution in [0.1, 0.15) is 39.4 Å². The van der Waals surface area contributed by atoms with Gasteiger partial charge in [0.2, 0.25) is 5.91 Å². The van der Waals surface area contributed by atoms with Crippen molar-refractivity contribution in [3.05, 3.63) is 48.0 Å². The molecule has 0 aliphatic carbocycles. The number of benzene rings is 1. The Labute approximate surface area is 148 Å². The molecule has 1 unspecified atom stereocenters. The molecule has 1 aromatic carbocycles. The van der Waals surface area contributed by atoms with Gasteiger partial charge in [-0.1, -0.05) is 26.0 Å². The second kappa shape index (κ2) is 8.30. The van der Waals surface area contributed by atoms with Crippen LogP contribution in [0.25, 0.3) is 11.3 Å². The van der Waals surface area contributed by atoms with E-state index in [0.29, 0.717) is 42.9 Å². The molecule has 25 heavy (non-hydrogen) atoms. The van der Waals surface area contributed by atoms with E-state index in [0.717, 1.165) is 0 Å². The first-order chi connectivity index (χ1) is 11.8. The molecule has 0 radical (unpaired) electrons. The first kappa shape index (κ1) is 19.2. The van der Waals surface area contributed by atoms with E-state index in [1.165, 1.54) is 6.07 Å². The summed E-state index contributed by atoms with van der Waals surface area (Å²) < 4.78 is 19.4. The Kier molecular flexibility index (Phi) is 6.37. The third-order valence-electron chi connectivity index (χ3n) is 4.01. The summed E-state index contributed by atoms with van der Waals surface area (Å²) in [6.07, 6.45) is 0.982. The summed E-state index contributed by atoms with van der Waals surface area (Å²) in [5, 5.41) is 12.4. The molecule has 0 bridgehead atoms. The van der Waals surface area contributed by atoms with Crippen LogP contribution in [-0.4, -0.2) is 23.7 Å². The molecule has 1 amide bonds. The van der Waals surface area contributed by atoms with E-state index in [9.17, 15) is 14.3 Å². The predicted molar refractivity (Wildman–Crippen MR) is 95.5 cm³/mol. The van der Waals surface area contributed by atoms with Crippen LogP contribution in [0.3, 0.4) is 0 Å². The number of hydrogen-bond acceptors (Lipinski definition) is 3. The van der Waals surface area contributed by atoms with Crippen molar-refractivity contribution in [2.75, 3.05) is 6.54 Å². The Morgan fingerprint density at radius 1 is 1.28 bits per heavy atom. The minimum Gasteiger partial charge on any atom is -0.461 e. The third-order valence-corrected chi connectivity index (χ3v) is 4.01. The van der Waals surface area contributed by atoms with Gasteiger partial charge in [-0.15, -0.1) is 0 Å². The van der Waals surface area contributed by atoms with Crippen molar-refractivity contribution in [1.82, 2.24) is 5.32 Å². The summed E-state index contributed by atoms with van der Waals surface area (Å²) in [4.78, 5) is 12.0. The molecule has 136 valence electrons. The van der Waals surface area contributed by atoms with E-state index in [1.807, 2.05) is 13.8 Å². The highest BCUT2D eigenvalue weighted by molar-refractivity contribution is 5.76. The summed E-state index contributed by atoms with van der Waals surface area (Å²) in [6, 6.07) is 9.92. The quantitative estimate of drug-likeness (QED) is 0.760. The van der Waals surface area contributed by atoms with E-state index < -0.39 is 6.10 Å². The highest BCUT2D eigenvalue weighted by atomic mass is 19.1. The maximum absolute atomic E-state index is 13.8. The van der Waals surface area contributed by atoms with Crippen molar-refractivity contribution in [2.45, 2.75) is 46.1 Å². The zero-order valence-corrected chi connectivity index (χ0v) is 15.0. The lowest BCUT2D eigenvalue weighted by molar-refractivity contribution is -0.121. The maximum atomic E-state index is 13.8. The highest BCUT2D eigenvalue weighted by Crippen LogP contribution is 2.25. The van der Waals surface area contributed by atoms with Crippen LogP contribution in [0.15, 0.2) is 40.8 Å². The fraction of sp³-hybridized carbons (Fsp3) is 0.450. The Bertz CT molecular complexity index is 706. The van der Waals surface area contributed by atoms with Gasteiger partial charge in [0.25, 0.3) is 0 Å². The van der Waals surface area contributed by atoms with Crippen LogP contribution >= 0.6 is 0 Å². The predicted octanol–water partition coefficient (Wildman–Crippen LogP) is 3.93. The van der Waals surface area contributed by atoms with Crippen molar-refractivity contribution in [3.63, 3.8) is 0 Å². The number of aliphatic hydroxyl groups is 1. The number of carbonyl (C=O) groups is 1. The maximum Gasteiger partial charge on any atom is 0.220 e. The van der Waals surface area contributed by atoms with Gasteiger partial charge >= 0.3 is 0 Å². The zero-order chi connectivity index (χ0) is 18.4. The molecule has 0 fully saturated rings. The molecular weight excluding hydrogens is 321 g/mol. The number of rotatable bonds is 8. The smallest absolute Gasteiger partial charge is 0.220 e. The fourth-order valence-electron chi connectivity index (χ4n) is 2.85. The molecule has 5 heteroatoms. The van der Waals surface area contributed by atoms with Crippen LogP contribution in [0.5, 0.6) is 0 Å². The summed E-state index contributed by atoms with van der Waals surface area (Å²) >= 11 is 0. The molecule has 4 nitrogen and oxygen atoms in total. The van der Waals surface area contributed by atoms with E-state index in [2.05, 4.69) is 5.32 Å². The van der Waals surface area contributed by atoms with Crippen molar-refractivity contribution in [1.29, 1.82) is 0 Å². The second-order valence-electron chi connectivity index (χ2n) is 7.24. The van der Waals surface area contributed by atoms with Gasteiger partial charge in [0, 0.05) is 19.4 Å². The molecule has 0 aliphatic rings. The number of halogens is 1. The summed E-state index contributed by atoms with van der Waals surface area (Å²) in [7, 11) is 0. The topological polar surface area (TPSA) is 62.5 Å². The lowest BCUT2D eigenvalue weighted by atomic mass is 9.87. The molecule has 2 aromatic rings. The first-order valence-electron chi connectivity index (χ1n) is 8.55. The van der Waals surface area contributed by atoms with Gasteiger partial charge in [0.15, 0.2) is 0 Å². The van der Waals surface area contributed by atoms with Crippen molar-refractivity contribution < 1.29 is 18.7 Å². The van der Waals surface area contributed by atoms with Crippen LogP contribution in [-0.2, 0) is 11.2 Å². The number of furan rings is 1. The molecule has 0 saturated heterocycles. The van der Waals surface area contributed by atoms with Crippen LogP contribution in [0, 0.1) is 11.2 Å². The highest BCUT2D eigenvalue weighted by Gasteiger charge is 2.21. The van der Waals surface area contributed by atoms with Gasteiger partial charge in [0.1, 0.15) is 17.3 Å². The number of hydrogen-bond donors (Lipinski definition) is 2. The summed E-state index contributed by atoms with van der Waals surface area (Å²) in [5.74, 6) is 0.715. The number of amides is 1. The van der Waals surface area contributed by atoms with Gasteiger partial charge in [-0.25, -0.2) is 4.39 Å². The van der Waals surface area contributed by atoms with E-state index in [-0.39, 0.29) is 17.1 Å². The lowest BCUT2D eigenvalue weighted by Crippen LogP contribution is -2.35. The third kappa shape index (κ3) is 6.02. The Morgan fingerprint density at radius 2 is 2.00 bits per heavy atom. The van der Waals surface area contributed by atoms with Gasteiger partial charge in [-0.2, -0.15) is 0 Å². The van der Waals surface area contributed by atoms with Gasteiger partial charge in [0.05, 0.1) is 11.7 Å². The average Bonchev–Trinajstić information content (AvgIpc) is 2.99. The molecular formula is C20H26FNO3. The molecule has 0 spiro atoms. The number of aryl methyl sites for hydroxylation is 1. The van der Waals surface area contributed by atoms with E-state index in [1.54, 1.807) is 37.3 Å². The lowest BCUT2D eigenvalue weighted by Gasteiger charge is -2.26. The number of aliphatic hydroxyl groups excluding tert-OH is 1. The standard InChI is InChI=1S/C20H26FNO3/c1-14(23)12-20(2,3)13-22-19(24)11-9-15-8-10-18(25-15)16-6-4-5-7-17(16)21/h4-8,10,14,23H,9,11-13H2,1-3H3,(H,22,24). The Hall–Kier alpha value is -2.14. The molecule has 0 saturated carbocycles. The molecule has 2 N–H and O–H groups in total. The number of carbonyl (C=O) groups excluding carboxylic acids is 1. The average molecular weight is 347 g/mol. The van der Waals surface area contributed by atoms with Gasteiger partial charge in [-0.3, -0.25) is 4.79 Å². The van der Waals surface area contributed by atoms with Crippen molar-refractivity contribution in [2.24, 2.45) is 5.41 Å². The monoisotopic (exact) mass is 347 g/mol. The fourth-order valence-corrected chi connectivity index (χ4v) is 2.85. The molecule has 1 aromatic heterocycles. The zero-order valence-electron chi connectivity index (χ0n) is 15.0. The Morgan fingerprint density at radius 3 is 2.68 bits per heavy atom. The van der Waals surface area contributed by atoms with E-state index in [4.69, 9.17) is 4.42 Å². The van der Waals surface area contributed by atoms with Crippen molar-refractivity contribution >= 4 is 5.91 Å². The van der Waals surface area contributed by atoms with Crippen LogP contribution in [0.2, 0.25) is 0 Å². The normalized spacial score (nSPS) is 12.8. The molecule has 2 rings (SSSR count). The molecule has 1 atom stereocenters. The van der Waals surface area contributed by atoms with Gasteiger partial charge < -0.3 is 14.8 Å². The SMILES string of the molecule is CC(O)CC(C)(C)CNC(=O)CCc1ccc(-c2ccccc2F)o1. The summed E-state index contributed by atoms with van der Waals surface area (Å²) in [6.45, 7) is 6.27. The van der Waals surface area contributed by atoms with Crippen molar-refractivity contribution in [3.8, 4) is 11.3 Å². The van der Waals surface area contributed by atoms with Crippen LogP contribution < -0.4 is 5.32 Å². The second-order valence-corrected chi connectivity index (χ2v) is 7.24. The summed E-state index contributed by atoms with van der Waals surface area (Å²) in [5.41, 5.74) is 0.255. The van der Waals surface area contributed by atoms with Gasteiger partial charge in [-0.05, 0) is 43.0 Å². The van der Waals surface area contributed by atoms with E-state index >= 15 is 0 Å². The van der Waals surface area contributed by atoms with Crippen LogP contribution in [0.4, 0.5) is 4.39 Å². The minimum atomic E-state index is -0.396. The Balaban J connectivity index is 1.84. The largest absolute Gasteiger partial charge is 0.461 e. The first-order valence-corrected chi connectivity index (χ1v) is 8.55. The minimum absolute atomic E-state index is 0.0671.